The van der Waals surface area contributed by atoms with Gasteiger partial charge in [-0.05, 0) is 45.4 Å². The summed E-state index contributed by atoms with van der Waals surface area (Å²) in [6.07, 6.45) is 3.10. The number of hydrogen-bond acceptors (Lipinski definition) is 4. The van der Waals surface area contributed by atoms with Crippen LogP contribution in [0.5, 0.6) is 0 Å². The van der Waals surface area contributed by atoms with Crippen molar-refractivity contribution in [2.75, 3.05) is 12.4 Å². The van der Waals surface area contributed by atoms with Crippen LogP contribution in [0.1, 0.15) is 32.9 Å². The maximum Gasteiger partial charge on any atom is 0.257 e. The highest BCUT2D eigenvalue weighted by Gasteiger charge is 2.22. The molecule has 0 saturated heterocycles. The summed E-state index contributed by atoms with van der Waals surface area (Å²) in [5, 5.41) is 6.95. The van der Waals surface area contributed by atoms with E-state index in [0.717, 1.165) is 30.5 Å². The molecule has 1 aliphatic carbocycles. The van der Waals surface area contributed by atoms with E-state index in [2.05, 4.69) is 15.6 Å². The summed E-state index contributed by atoms with van der Waals surface area (Å²) in [7, 11) is 2.00. The molecule has 2 aromatic rings. The molecule has 0 radical (unpaired) electrons. The summed E-state index contributed by atoms with van der Waals surface area (Å²) >= 11 is 1.60. The van der Waals surface area contributed by atoms with Gasteiger partial charge in [-0.25, -0.2) is 4.98 Å². The highest BCUT2D eigenvalue weighted by molar-refractivity contribution is 7.15. The first kappa shape index (κ1) is 14.2. The molecule has 0 fully saturated rings. The largest absolute Gasteiger partial charge is 0.317 e. The summed E-state index contributed by atoms with van der Waals surface area (Å²) in [5.41, 5.74) is 2.90. The van der Waals surface area contributed by atoms with Crippen LogP contribution in [-0.2, 0) is 12.8 Å². The van der Waals surface area contributed by atoms with Gasteiger partial charge < -0.3 is 5.32 Å². The van der Waals surface area contributed by atoms with Gasteiger partial charge in [-0.2, -0.15) is 0 Å². The molecule has 1 atom stereocenters. The van der Waals surface area contributed by atoms with E-state index in [1.54, 1.807) is 11.3 Å². The van der Waals surface area contributed by atoms with Crippen molar-refractivity contribution < 1.29 is 4.79 Å². The Labute approximate surface area is 128 Å². The van der Waals surface area contributed by atoms with Crippen molar-refractivity contribution in [1.82, 2.24) is 10.3 Å². The number of rotatable bonds is 3. The molecule has 1 aromatic heterocycles. The first-order valence-corrected chi connectivity index (χ1v) is 8.01. The molecule has 0 bridgehead atoms. The summed E-state index contributed by atoms with van der Waals surface area (Å²) in [4.78, 5) is 18.1. The number of amides is 1. The Bertz CT molecular complexity index is 665. The van der Waals surface area contributed by atoms with Crippen molar-refractivity contribution in [1.29, 1.82) is 0 Å². The molecule has 5 heteroatoms. The van der Waals surface area contributed by atoms with Gasteiger partial charge >= 0.3 is 0 Å². The lowest BCUT2D eigenvalue weighted by molar-refractivity contribution is 0.102. The van der Waals surface area contributed by atoms with Crippen LogP contribution in [0.2, 0.25) is 0 Å². The van der Waals surface area contributed by atoms with Crippen LogP contribution in [0.25, 0.3) is 0 Å². The Kier molecular flexibility index (Phi) is 4.03. The minimum absolute atomic E-state index is 0.0880. The molecular formula is C16H19N3OS. The van der Waals surface area contributed by atoms with Gasteiger partial charge in [-0.3, -0.25) is 10.1 Å². The standard InChI is InChI=1S/C16H19N3OS/c1-10-4-3-5-11(8-10)15(20)19-16-18-13-7-6-12(17-2)9-14(13)21-16/h3-5,8,12,17H,6-7,9H2,1-2H3,(H,18,19,20). The van der Waals surface area contributed by atoms with Crippen LogP contribution < -0.4 is 10.6 Å². The number of aryl methyl sites for hydroxylation is 2. The van der Waals surface area contributed by atoms with E-state index in [0.29, 0.717) is 16.7 Å². The van der Waals surface area contributed by atoms with E-state index in [9.17, 15) is 4.79 Å². The van der Waals surface area contributed by atoms with Crippen LogP contribution in [0.3, 0.4) is 0 Å². The summed E-state index contributed by atoms with van der Waals surface area (Å²) < 4.78 is 0. The van der Waals surface area contributed by atoms with Gasteiger partial charge in [0, 0.05) is 16.5 Å². The molecule has 1 aromatic carbocycles. The minimum Gasteiger partial charge on any atom is -0.317 e. The first-order chi connectivity index (χ1) is 10.2. The number of nitrogens with zero attached hydrogens (tertiary/aromatic N) is 1. The SMILES string of the molecule is CNC1CCc2nc(NC(=O)c3cccc(C)c3)sc2C1. The minimum atomic E-state index is -0.0880. The number of anilines is 1. The summed E-state index contributed by atoms with van der Waals surface area (Å²) in [6, 6.07) is 8.12. The highest BCUT2D eigenvalue weighted by atomic mass is 32.1. The third-order valence-electron chi connectivity index (χ3n) is 3.85. The molecule has 2 N–H and O–H groups in total. The Morgan fingerprint density at radius 2 is 2.29 bits per heavy atom. The zero-order valence-corrected chi connectivity index (χ0v) is 13.1. The lowest BCUT2D eigenvalue weighted by Gasteiger charge is -2.19. The number of hydrogen-bond donors (Lipinski definition) is 2. The molecule has 1 amide bonds. The van der Waals surface area contributed by atoms with Gasteiger partial charge in [0.05, 0.1) is 5.69 Å². The number of nitrogens with one attached hydrogen (secondary N) is 2. The Morgan fingerprint density at radius 3 is 3.05 bits per heavy atom. The molecule has 1 aliphatic rings. The van der Waals surface area contributed by atoms with Crippen molar-refractivity contribution in [2.24, 2.45) is 0 Å². The van der Waals surface area contributed by atoms with Gasteiger partial charge in [0.1, 0.15) is 0 Å². The average Bonchev–Trinajstić information content (AvgIpc) is 2.88. The molecule has 0 aliphatic heterocycles. The highest BCUT2D eigenvalue weighted by Crippen LogP contribution is 2.30. The average molecular weight is 301 g/mol. The van der Waals surface area contributed by atoms with Crippen molar-refractivity contribution in [3.05, 3.63) is 46.0 Å². The monoisotopic (exact) mass is 301 g/mol. The second kappa shape index (κ2) is 5.95. The van der Waals surface area contributed by atoms with Gasteiger partial charge in [-0.15, -0.1) is 11.3 Å². The second-order valence-electron chi connectivity index (χ2n) is 5.44. The zero-order chi connectivity index (χ0) is 14.8. The maximum absolute atomic E-state index is 12.2. The molecule has 1 heterocycles. The number of fused-ring (bicyclic) bond motifs is 1. The van der Waals surface area contributed by atoms with Crippen LogP contribution in [-0.4, -0.2) is 24.0 Å². The fourth-order valence-corrected chi connectivity index (χ4v) is 3.71. The fraction of sp³-hybridized carbons (Fsp3) is 0.375. The van der Waals surface area contributed by atoms with Crippen molar-refractivity contribution >= 4 is 22.4 Å². The van der Waals surface area contributed by atoms with Crippen molar-refractivity contribution in [3.8, 4) is 0 Å². The fourth-order valence-electron chi connectivity index (χ4n) is 2.63. The number of likely N-dealkylation sites (N-methyl/N-ethyl adjacent to an activating group) is 1. The van der Waals surface area contributed by atoms with Gasteiger partial charge in [-0.1, -0.05) is 17.7 Å². The normalized spacial score (nSPS) is 17.3. The molecule has 0 saturated carbocycles. The van der Waals surface area contributed by atoms with Crippen LogP contribution >= 0.6 is 11.3 Å². The van der Waals surface area contributed by atoms with E-state index in [1.165, 1.54) is 4.88 Å². The lowest BCUT2D eigenvalue weighted by atomic mass is 9.98. The Hall–Kier alpha value is -1.72. The molecular weight excluding hydrogens is 282 g/mol. The predicted octanol–water partition coefficient (Wildman–Crippen LogP) is 2.78. The number of thiazole rings is 1. The van der Waals surface area contributed by atoms with E-state index in [4.69, 9.17) is 0 Å². The van der Waals surface area contributed by atoms with E-state index in [-0.39, 0.29) is 5.91 Å². The van der Waals surface area contributed by atoms with Crippen molar-refractivity contribution in [2.45, 2.75) is 32.2 Å². The van der Waals surface area contributed by atoms with Gasteiger partial charge in [0.15, 0.2) is 5.13 Å². The maximum atomic E-state index is 12.2. The summed E-state index contributed by atoms with van der Waals surface area (Å²) in [5.74, 6) is -0.0880. The Morgan fingerprint density at radius 1 is 1.43 bits per heavy atom. The molecule has 110 valence electrons. The van der Waals surface area contributed by atoms with E-state index in [1.807, 2.05) is 38.2 Å². The second-order valence-corrected chi connectivity index (χ2v) is 6.52. The van der Waals surface area contributed by atoms with Crippen LogP contribution in [0.15, 0.2) is 24.3 Å². The smallest absolute Gasteiger partial charge is 0.257 e. The third-order valence-corrected chi connectivity index (χ3v) is 4.88. The van der Waals surface area contributed by atoms with E-state index < -0.39 is 0 Å². The van der Waals surface area contributed by atoms with Crippen molar-refractivity contribution in [3.63, 3.8) is 0 Å². The molecule has 21 heavy (non-hydrogen) atoms. The number of carbonyl (C=O) groups is 1. The molecule has 4 nitrogen and oxygen atoms in total. The molecule has 0 spiro atoms. The lowest BCUT2D eigenvalue weighted by Crippen LogP contribution is -2.30. The first-order valence-electron chi connectivity index (χ1n) is 7.19. The topological polar surface area (TPSA) is 54.0 Å². The Balaban J connectivity index is 1.74. The molecule has 3 rings (SSSR count). The van der Waals surface area contributed by atoms with E-state index >= 15 is 0 Å². The molecule has 1 unspecified atom stereocenters. The quantitative estimate of drug-likeness (QED) is 0.916. The number of aromatic nitrogens is 1. The third kappa shape index (κ3) is 3.14. The van der Waals surface area contributed by atoms with Gasteiger partial charge in [0.2, 0.25) is 0 Å². The number of benzene rings is 1. The predicted molar refractivity (Wildman–Crippen MR) is 86.1 cm³/mol. The van der Waals surface area contributed by atoms with Gasteiger partial charge in [0.25, 0.3) is 5.91 Å². The zero-order valence-electron chi connectivity index (χ0n) is 12.3. The number of carbonyl (C=O) groups excluding carboxylic acids is 1. The van der Waals surface area contributed by atoms with Crippen LogP contribution in [0, 0.1) is 6.92 Å². The van der Waals surface area contributed by atoms with Crippen LogP contribution in [0.4, 0.5) is 5.13 Å². The summed E-state index contributed by atoms with van der Waals surface area (Å²) in [6.45, 7) is 1.98.